The average Bonchev–Trinajstić information content (AvgIpc) is 3.40. The summed E-state index contributed by atoms with van der Waals surface area (Å²) in [7, 11) is 1.93. The molecule has 2 unspecified atom stereocenters. The Hall–Kier alpha value is -3.15. The quantitative estimate of drug-likeness (QED) is 0.813. The van der Waals surface area contributed by atoms with Crippen LogP contribution in [0, 0.1) is 5.92 Å². The number of carbonyl (C=O) groups is 2. The van der Waals surface area contributed by atoms with Gasteiger partial charge in [-0.05, 0) is 29.5 Å². The number of nitrogens with one attached hydrogen (secondary N) is 2. The van der Waals surface area contributed by atoms with E-state index in [1.54, 1.807) is 0 Å². The third-order valence-corrected chi connectivity index (χ3v) is 6.87. The summed E-state index contributed by atoms with van der Waals surface area (Å²) in [6, 6.07) is 0.116. The van der Waals surface area contributed by atoms with Crippen LogP contribution in [0.2, 0.25) is 0 Å². The number of ketones is 1. The molecule has 1 aromatic carbocycles. The first-order valence-electron chi connectivity index (χ1n) is 10.7. The van der Waals surface area contributed by atoms with Gasteiger partial charge in [-0.15, -0.1) is 0 Å². The molecule has 1 amide bonds. The van der Waals surface area contributed by atoms with Gasteiger partial charge in [0.25, 0.3) is 5.91 Å². The van der Waals surface area contributed by atoms with Crippen LogP contribution in [0.15, 0.2) is 30.0 Å². The minimum absolute atomic E-state index is 0.00184. The monoisotopic (exact) mass is 400 g/mol. The van der Waals surface area contributed by atoms with Gasteiger partial charge in [0.15, 0.2) is 5.78 Å². The molecule has 0 saturated heterocycles. The van der Waals surface area contributed by atoms with E-state index in [1.807, 2.05) is 37.8 Å². The highest BCUT2D eigenvalue weighted by molar-refractivity contribution is 6.08. The SMILES string of the molecule is CC(C)C(=O)C1=CC2c3c4c(c5c(c3NC2C=C1)CCc1nn(C)cc1-5)C(=O)NC4. The Kier molecular flexibility index (Phi) is 3.50. The molecule has 0 saturated carbocycles. The number of rotatable bonds is 2. The van der Waals surface area contributed by atoms with Gasteiger partial charge in [0.2, 0.25) is 0 Å². The van der Waals surface area contributed by atoms with Crippen molar-refractivity contribution in [3.63, 3.8) is 0 Å². The van der Waals surface area contributed by atoms with E-state index in [9.17, 15) is 9.59 Å². The van der Waals surface area contributed by atoms with Gasteiger partial charge >= 0.3 is 0 Å². The number of Topliss-reactive ketones (excluding diaryl/α,β-unsaturated/α-hetero) is 1. The normalized spacial score (nSPS) is 22.5. The van der Waals surface area contributed by atoms with Crippen molar-refractivity contribution in [3.05, 3.63) is 57.9 Å². The van der Waals surface area contributed by atoms with Crippen molar-refractivity contribution in [3.8, 4) is 11.1 Å². The summed E-state index contributed by atoms with van der Waals surface area (Å²) in [5.74, 6) is 0.206. The minimum Gasteiger partial charge on any atom is -0.377 e. The fourth-order valence-electron chi connectivity index (χ4n) is 5.56. The van der Waals surface area contributed by atoms with Crippen molar-refractivity contribution in [2.75, 3.05) is 5.32 Å². The Labute approximate surface area is 175 Å². The van der Waals surface area contributed by atoms with Gasteiger partial charge < -0.3 is 10.6 Å². The Morgan fingerprint density at radius 2 is 2.07 bits per heavy atom. The fourth-order valence-corrected chi connectivity index (χ4v) is 5.56. The molecule has 2 aromatic rings. The largest absolute Gasteiger partial charge is 0.377 e. The highest BCUT2D eigenvalue weighted by Crippen LogP contribution is 2.52. The maximum Gasteiger partial charge on any atom is 0.252 e. The predicted molar refractivity (Wildman–Crippen MR) is 114 cm³/mol. The number of aromatic nitrogens is 2. The van der Waals surface area contributed by atoms with Crippen LogP contribution >= 0.6 is 0 Å². The smallest absolute Gasteiger partial charge is 0.252 e. The Bertz CT molecular complexity index is 1210. The number of hydrogen-bond donors (Lipinski definition) is 2. The number of hydrogen-bond acceptors (Lipinski definition) is 4. The van der Waals surface area contributed by atoms with Gasteiger partial charge in [-0.25, -0.2) is 0 Å². The van der Waals surface area contributed by atoms with E-state index in [0.717, 1.165) is 52.0 Å². The number of aryl methyl sites for hydroxylation is 2. The molecular formula is C24H24N4O2. The van der Waals surface area contributed by atoms with Gasteiger partial charge in [-0.2, -0.15) is 5.10 Å². The Balaban J connectivity index is 1.60. The summed E-state index contributed by atoms with van der Waals surface area (Å²) in [4.78, 5) is 25.6. The van der Waals surface area contributed by atoms with Gasteiger partial charge in [0.1, 0.15) is 0 Å². The second kappa shape index (κ2) is 5.94. The molecule has 2 aliphatic carbocycles. The number of fused-ring (bicyclic) bond motifs is 10. The van der Waals surface area contributed by atoms with Gasteiger partial charge in [0.05, 0.1) is 17.3 Å². The zero-order chi connectivity index (χ0) is 20.7. The van der Waals surface area contributed by atoms with E-state index < -0.39 is 0 Å². The molecule has 30 heavy (non-hydrogen) atoms. The van der Waals surface area contributed by atoms with Crippen LogP contribution in [-0.4, -0.2) is 27.5 Å². The van der Waals surface area contributed by atoms with Crippen molar-refractivity contribution < 1.29 is 9.59 Å². The zero-order valence-corrected chi connectivity index (χ0v) is 17.4. The molecule has 0 fully saturated rings. The minimum atomic E-state index is -0.0345. The summed E-state index contributed by atoms with van der Waals surface area (Å²) in [5, 5.41) is 11.4. The molecular weight excluding hydrogens is 376 g/mol. The van der Waals surface area contributed by atoms with Crippen molar-refractivity contribution in [2.24, 2.45) is 13.0 Å². The van der Waals surface area contributed by atoms with Crippen molar-refractivity contribution in [1.29, 1.82) is 0 Å². The zero-order valence-electron chi connectivity index (χ0n) is 17.4. The van der Waals surface area contributed by atoms with Crippen LogP contribution in [0.5, 0.6) is 0 Å². The van der Waals surface area contributed by atoms with Crippen molar-refractivity contribution >= 4 is 17.4 Å². The second-order valence-corrected chi connectivity index (χ2v) is 9.04. The van der Waals surface area contributed by atoms with Crippen LogP contribution in [0.3, 0.4) is 0 Å². The number of nitrogens with zero attached hydrogens (tertiary/aromatic N) is 2. The lowest BCUT2D eigenvalue weighted by Crippen LogP contribution is -2.22. The fraction of sp³-hybridized carbons (Fsp3) is 0.375. The number of benzene rings is 1. The lowest BCUT2D eigenvalue weighted by molar-refractivity contribution is -0.118. The topological polar surface area (TPSA) is 76.0 Å². The van der Waals surface area contributed by atoms with Crippen molar-refractivity contribution in [1.82, 2.24) is 15.1 Å². The molecule has 6 nitrogen and oxygen atoms in total. The molecule has 2 atom stereocenters. The standard InChI is InChI=1S/C24H24N4O2/c1-11(2)23(29)12-4-6-17-14(8-12)20-15-9-25-24(30)21(15)19-13(22(20)26-17)5-7-18-16(19)10-28(3)27-18/h4,6,8,10-11,14,17,26H,5,7,9H2,1-3H3,(H,25,30). The molecule has 152 valence electrons. The van der Waals surface area contributed by atoms with E-state index in [0.29, 0.717) is 6.54 Å². The van der Waals surface area contributed by atoms with Gasteiger partial charge in [-0.1, -0.05) is 32.1 Å². The number of carbonyl (C=O) groups excluding carboxylic acids is 2. The summed E-state index contributed by atoms with van der Waals surface area (Å²) in [5.41, 5.74) is 9.41. The molecule has 2 aliphatic heterocycles. The first-order chi connectivity index (χ1) is 14.4. The van der Waals surface area contributed by atoms with Gasteiger partial charge in [0, 0.05) is 54.0 Å². The van der Waals surface area contributed by atoms with Crippen LogP contribution in [0.25, 0.3) is 11.1 Å². The number of anilines is 1. The maximum atomic E-state index is 12.9. The summed E-state index contributed by atoms with van der Waals surface area (Å²) in [6.07, 6.45) is 9.95. The van der Waals surface area contributed by atoms with E-state index in [1.165, 1.54) is 11.1 Å². The molecule has 0 radical (unpaired) electrons. The summed E-state index contributed by atoms with van der Waals surface area (Å²) < 4.78 is 1.84. The number of amides is 1. The van der Waals surface area contributed by atoms with E-state index in [2.05, 4.69) is 27.9 Å². The molecule has 0 bridgehead atoms. The van der Waals surface area contributed by atoms with Crippen LogP contribution in [0.4, 0.5) is 5.69 Å². The highest BCUT2D eigenvalue weighted by Gasteiger charge is 2.42. The highest BCUT2D eigenvalue weighted by atomic mass is 16.2. The van der Waals surface area contributed by atoms with Crippen LogP contribution < -0.4 is 10.6 Å². The Morgan fingerprint density at radius 1 is 1.23 bits per heavy atom. The lowest BCUT2D eigenvalue weighted by Gasteiger charge is -2.23. The average molecular weight is 400 g/mol. The summed E-state index contributed by atoms with van der Waals surface area (Å²) in [6.45, 7) is 4.41. The maximum absolute atomic E-state index is 12.9. The molecule has 1 aromatic heterocycles. The van der Waals surface area contributed by atoms with Crippen molar-refractivity contribution in [2.45, 2.75) is 45.2 Å². The van der Waals surface area contributed by atoms with E-state index >= 15 is 0 Å². The van der Waals surface area contributed by atoms with E-state index in [4.69, 9.17) is 0 Å². The molecule has 6 rings (SSSR count). The first kappa shape index (κ1) is 17.7. The van der Waals surface area contributed by atoms with E-state index in [-0.39, 0.29) is 29.6 Å². The molecule has 6 heteroatoms. The summed E-state index contributed by atoms with van der Waals surface area (Å²) >= 11 is 0. The molecule has 3 heterocycles. The van der Waals surface area contributed by atoms with Crippen LogP contribution in [0.1, 0.15) is 52.5 Å². The number of allylic oxidation sites excluding steroid dienone is 2. The lowest BCUT2D eigenvalue weighted by atomic mass is 9.78. The third kappa shape index (κ3) is 2.22. The first-order valence-corrected chi connectivity index (χ1v) is 10.7. The molecule has 4 aliphatic rings. The second-order valence-electron chi connectivity index (χ2n) is 9.04. The Morgan fingerprint density at radius 3 is 2.87 bits per heavy atom. The predicted octanol–water partition coefficient (Wildman–Crippen LogP) is 3.03. The molecule has 0 spiro atoms. The van der Waals surface area contributed by atoms with Gasteiger partial charge in [-0.3, -0.25) is 14.3 Å². The van der Waals surface area contributed by atoms with Crippen LogP contribution in [-0.2, 0) is 31.2 Å². The third-order valence-electron chi connectivity index (χ3n) is 6.87. The molecule has 2 N–H and O–H groups in total.